The van der Waals surface area contributed by atoms with Crippen molar-refractivity contribution >= 4 is 40.2 Å². The molecule has 1 amide bonds. The number of thioether (sulfide) groups is 1. The zero-order valence-corrected chi connectivity index (χ0v) is 14.5. The topological polar surface area (TPSA) is 87.2 Å². The van der Waals surface area contributed by atoms with Crippen LogP contribution >= 0.6 is 23.4 Å². The van der Waals surface area contributed by atoms with E-state index in [4.69, 9.17) is 22.1 Å². The van der Waals surface area contributed by atoms with Crippen LogP contribution in [0.3, 0.4) is 0 Å². The van der Waals surface area contributed by atoms with Crippen LogP contribution in [0.15, 0.2) is 28.2 Å². The largest absolute Gasteiger partial charge is 0.385 e. The van der Waals surface area contributed by atoms with E-state index < -0.39 is 11.2 Å². The minimum absolute atomic E-state index is 0.165. The highest BCUT2D eigenvalue weighted by atomic mass is 35.5. The smallest absolute Gasteiger partial charge is 0.262 e. The highest BCUT2D eigenvalue weighted by Crippen LogP contribution is 2.23. The van der Waals surface area contributed by atoms with Crippen molar-refractivity contribution in [2.24, 2.45) is 5.73 Å². The molecule has 0 bridgehead atoms. The van der Waals surface area contributed by atoms with Crippen LogP contribution in [-0.4, -0.2) is 34.4 Å². The molecule has 1 heterocycles. The number of halogens is 1. The SMILES string of the molecule is COCCCn1c(SC(C)C(N)=O)nc2cc(Cl)ccc2c1=O. The number of amides is 1. The maximum Gasteiger partial charge on any atom is 0.262 e. The van der Waals surface area contributed by atoms with Crippen LogP contribution in [0.4, 0.5) is 0 Å². The molecular weight excluding hydrogens is 338 g/mol. The van der Waals surface area contributed by atoms with Crippen molar-refractivity contribution in [2.75, 3.05) is 13.7 Å². The van der Waals surface area contributed by atoms with Crippen molar-refractivity contribution in [2.45, 2.75) is 30.3 Å². The standard InChI is InChI=1S/C15H18ClN3O3S/c1-9(13(17)20)23-15-18-12-8-10(16)4-5-11(12)14(21)19(15)6-3-7-22-2/h4-5,8-9H,3,6-7H2,1-2H3,(H2,17,20). The van der Waals surface area contributed by atoms with Crippen LogP contribution in [0, 0.1) is 0 Å². The average molecular weight is 356 g/mol. The number of hydrogen-bond donors (Lipinski definition) is 1. The van der Waals surface area contributed by atoms with E-state index in [0.29, 0.717) is 40.7 Å². The molecule has 0 aliphatic carbocycles. The number of carbonyl (C=O) groups is 1. The average Bonchev–Trinajstić information content (AvgIpc) is 2.49. The molecular formula is C15H18ClN3O3S. The van der Waals surface area contributed by atoms with Gasteiger partial charge >= 0.3 is 0 Å². The van der Waals surface area contributed by atoms with Crippen molar-refractivity contribution < 1.29 is 9.53 Å². The number of nitrogens with two attached hydrogens (primary N) is 1. The van der Waals surface area contributed by atoms with Gasteiger partial charge in [-0.3, -0.25) is 14.2 Å². The molecule has 23 heavy (non-hydrogen) atoms. The molecule has 0 radical (unpaired) electrons. The van der Waals surface area contributed by atoms with E-state index in [-0.39, 0.29) is 5.56 Å². The first kappa shape index (κ1) is 17.8. The second kappa shape index (κ2) is 7.81. The van der Waals surface area contributed by atoms with Gasteiger partial charge in [0, 0.05) is 25.3 Å². The Morgan fingerprint density at radius 2 is 2.26 bits per heavy atom. The van der Waals surface area contributed by atoms with Gasteiger partial charge in [-0.2, -0.15) is 0 Å². The van der Waals surface area contributed by atoms with Crippen molar-refractivity contribution in [1.29, 1.82) is 0 Å². The summed E-state index contributed by atoms with van der Waals surface area (Å²) in [6.45, 7) is 2.66. The Morgan fingerprint density at radius 3 is 2.91 bits per heavy atom. The van der Waals surface area contributed by atoms with Gasteiger partial charge in [-0.15, -0.1) is 0 Å². The summed E-state index contributed by atoms with van der Waals surface area (Å²) in [4.78, 5) is 28.5. The molecule has 1 unspecified atom stereocenters. The summed E-state index contributed by atoms with van der Waals surface area (Å²) in [5.41, 5.74) is 5.65. The van der Waals surface area contributed by atoms with Gasteiger partial charge in [0.2, 0.25) is 5.91 Å². The van der Waals surface area contributed by atoms with Gasteiger partial charge in [-0.1, -0.05) is 23.4 Å². The Hall–Kier alpha value is -1.57. The minimum Gasteiger partial charge on any atom is -0.385 e. The maximum absolute atomic E-state index is 12.7. The first-order valence-corrected chi connectivity index (χ1v) is 8.34. The van der Waals surface area contributed by atoms with Crippen LogP contribution in [-0.2, 0) is 16.1 Å². The monoisotopic (exact) mass is 355 g/mol. The molecule has 8 heteroatoms. The first-order chi connectivity index (χ1) is 10.9. The Kier molecular flexibility index (Phi) is 6.04. The fraction of sp³-hybridized carbons (Fsp3) is 0.400. The van der Waals surface area contributed by atoms with Gasteiger partial charge in [0.1, 0.15) is 0 Å². The minimum atomic E-state index is -0.493. The molecule has 2 N–H and O–H groups in total. The summed E-state index contributed by atoms with van der Waals surface area (Å²) < 4.78 is 6.59. The van der Waals surface area contributed by atoms with Crippen LogP contribution in [0.1, 0.15) is 13.3 Å². The first-order valence-electron chi connectivity index (χ1n) is 7.09. The lowest BCUT2D eigenvalue weighted by molar-refractivity contribution is -0.117. The Balaban J connectivity index is 2.52. The molecule has 0 fully saturated rings. The highest BCUT2D eigenvalue weighted by Gasteiger charge is 2.17. The van der Waals surface area contributed by atoms with Gasteiger partial charge in [0.25, 0.3) is 5.56 Å². The fourth-order valence-corrected chi connectivity index (χ4v) is 3.10. The van der Waals surface area contributed by atoms with Gasteiger partial charge in [0.15, 0.2) is 5.16 Å². The summed E-state index contributed by atoms with van der Waals surface area (Å²) in [7, 11) is 1.61. The quantitative estimate of drug-likeness (QED) is 0.466. The third-order valence-electron chi connectivity index (χ3n) is 3.30. The molecule has 1 aromatic carbocycles. The Labute approximate surface area is 143 Å². The van der Waals surface area contributed by atoms with Gasteiger partial charge in [-0.05, 0) is 31.5 Å². The van der Waals surface area contributed by atoms with Crippen LogP contribution < -0.4 is 11.3 Å². The second-order valence-electron chi connectivity index (χ2n) is 5.02. The normalized spacial score (nSPS) is 12.5. The molecule has 1 aromatic heterocycles. The van der Waals surface area contributed by atoms with Crippen molar-refractivity contribution in [3.63, 3.8) is 0 Å². The number of rotatable bonds is 7. The molecule has 2 aromatic rings. The zero-order chi connectivity index (χ0) is 17.0. The molecule has 6 nitrogen and oxygen atoms in total. The van der Waals surface area contributed by atoms with Gasteiger partial charge in [-0.25, -0.2) is 4.98 Å². The number of ether oxygens (including phenoxy) is 1. The molecule has 0 spiro atoms. The van der Waals surface area contributed by atoms with E-state index in [1.807, 2.05) is 0 Å². The number of hydrogen-bond acceptors (Lipinski definition) is 5. The number of primary amides is 1. The van der Waals surface area contributed by atoms with Crippen molar-refractivity contribution in [3.05, 3.63) is 33.6 Å². The summed E-state index contributed by atoms with van der Waals surface area (Å²) in [6.07, 6.45) is 0.662. The summed E-state index contributed by atoms with van der Waals surface area (Å²) in [6, 6.07) is 4.95. The highest BCUT2D eigenvalue weighted by molar-refractivity contribution is 8.00. The third-order valence-corrected chi connectivity index (χ3v) is 4.64. The van der Waals surface area contributed by atoms with Crippen LogP contribution in [0.25, 0.3) is 10.9 Å². The number of nitrogens with zero attached hydrogens (tertiary/aromatic N) is 2. The van der Waals surface area contributed by atoms with E-state index in [0.717, 1.165) is 11.8 Å². The molecule has 2 rings (SSSR count). The zero-order valence-electron chi connectivity index (χ0n) is 12.9. The number of methoxy groups -OCH3 is 1. The molecule has 124 valence electrons. The molecule has 1 atom stereocenters. The van der Waals surface area contributed by atoms with Crippen LogP contribution in [0.2, 0.25) is 5.02 Å². The molecule has 0 saturated heterocycles. The number of carbonyl (C=O) groups excluding carboxylic acids is 1. The van der Waals surface area contributed by atoms with E-state index in [9.17, 15) is 9.59 Å². The maximum atomic E-state index is 12.7. The predicted octanol–water partition coefficient (Wildman–Crippen LogP) is 2.05. The molecule has 0 saturated carbocycles. The van der Waals surface area contributed by atoms with Gasteiger partial charge in [0.05, 0.1) is 16.2 Å². The Bertz CT molecular complexity index is 778. The van der Waals surface area contributed by atoms with Crippen molar-refractivity contribution in [1.82, 2.24) is 9.55 Å². The number of aromatic nitrogens is 2. The van der Waals surface area contributed by atoms with E-state index >= 15 is 0 Å². The lowest BCUT2D eigenvalue weighted by Gasteiger charge is -2.15. The van der Waals surface area contributed by atoms with Crippen LogP contribution in [0.5, 0.6) is 0 Å². The molecule has 0 aliphatic rings. The number of fused-ring (bicyclic) bond motifs is 1. The van der Waals surface area contributed by atoms with E-state index in [2.05, 4.69) is 4.98 Å². The predicted molar refractivity (Wildman–Crippen MR) is 92.0 cm³/mol. The Morgan fingerprint density at radius 1 is 1.52 bits per heavy atom. The lowest BCUT2D eigenvalue weighted by Crippen LogP contribution is -2.27. The van der Waals surface area contributed by atoms with E-state index in [1.54, 1.807) is 36.8 Å². The van der Waals surface area contributed by atoms with Crippen molar-refractivity contribution in [3.8, 4) is 0 Å². The summed E-state index contributed by atoms with van der Waals surface area (Å²) in [5.74, 6) is -0.459. The lowest BCUT2D eigenvalue weighted by atomic mass is 10.2. The third kappa shape index (κ3) is 4.25. The summed E-state index contributed by atoms with van der Waals surface area (Å²) >= 11 is 7.14. The second-order valence-corrected chi connectivity index (χ2v) is 6.77. The molecule has 0 aliphatic heterocycles. The fourth-order valence-electron chi connectivity index (χ4n) is 2.04. The van der Waals surface area contributed by atoms with Gasteiger partial charge < -0.3 is 10.5 Å². The number of benzene rings is 1. The summed E-state index contributed by atoms with van der Waals surface area (Å²) in [5, 5.41) is 0.947. The van der Waals surface area contributed by atoms with E-state index in [1.165, 1.54) is 0 Å².